The number of hydrogen-bond donors (Lipinski definition) is 1. The second-order valence-electron chi connectivity index (χ2n) is 4.61. The fraction of sp³-hybridized carbons (Fsp3) is 0.188. The summed E-state index contributed by atoms with van der Waals surface area (Å²) in [6, 6.07) is 9.87. The van der Waals surface area contributed by atoms with Crippen molar-refractivity contribution in [1.29, 1.82) is 0 Å². The van der Waals surface area contributed by atoms with E-state index < -0.39 is 11.8 Å². The summed E-state index contributed by atoms with van der Waals surface area (Å²) >= 11 is 0. The highest BCUT2D eigenvalue weighted by atomic mass is 19.1. The summed E-state index contributed by atoms with van der Waals surface area (Å²) in [6.45, 7) is 2.70. The SMILES string of the molecule is CCN(Cc1ccc(C(=O)O)cc1F)c1cccc(F)c1. The number of carboxylic acid groups (broad SMARTS) is 1. The van der Waals surface area contributed by atoms with Crippen LogP contribution >= 0.6 is 0 Å². The first kappa shape index (κ1) is 15.0. The first-order valence-electron chi connectivity index (χ1n) is 6.53. The molecule has 2 rings (SSSR count). The van der Waals surface area contributed by atoms with E-state index in [2.05, 4.69) is 0 Å². The first-order valence-corrected chi connectivity index (χ1v) is 6.53. The minimum absolute atomic E-state index is 0.0925. The zero-order valence-corrected chi connectivity index (χ0v) is 11.5. The maximum absolute atomic E-state index is 13.9. The second-order valence-corrected chi connectivity index (χ2v) is 4.61. The quantitative estimate of drug-likeness (QED) is 0.913. The van der Waals surface area contributed by atoms with Gasteiger partial charge in [-0.3, -0.25) is 0 Å². The molecule has 0 atom stereocenters. The van der Waals surface area contributed by atoms with Gasteiger partial charge in [-0.1, -0.05) is 12.1 Å². The summed E-state index contributed by atoms with van der Waals surface area (Å²) in [5, 5.41) is 8.82. The van der Waals surface area contributed by atoms with E-state index in [1.165, 1.54) is 24.3 Å². The van der Waals surface area contributed by atoms with Crippen LogP contribution in [-0.4, -0.2) is 17.6 Å². The maximum Gasteiger partial charge on any atom is 0.335 e. The lowest BCUT2D eigenvalue weighted by atomic mass is 10.1. The Kier molecular flexibility index (Phi) is 4.52. The van der Waals surface area contributed by atoms with Crippen molar-refractivity contribution in [2.45, 2.75) is 13.5 Å². The number of hydrogen-bond acceptors (Lipinski definition) is 2. The monoisotopic (exact) mass is 291 g/mol. The molecular formula is C16H15F2NO2. The molecule has 2 aromatic rings. The first-order chi connectivity index (χ1) is 10.0. The fourth-order valence-corrected chi connectivity index (χ4v) is 2.07. The zero-order valence-electron chi connectivity index (χ0n) is 11.5. The van der Waals surface area contributed by atoms with Crippen molar-refractivity contribution in [2.75, 3.05) is 11.4 Å². The Balaban J connectivity index is 2.25. The lowest BCUT2D eigenvalue weighted by molar-refractivity contribution is 0.0696. The Morgan fingerprint density at radius 2 is 1.95 bits per heavy atom. The lowest BCUT2D eigenvalue weighted by Crippen LogP contribution is -2.22. The van der Waals surface area contributed by atoms with Crippen LogP contribution in [0.25, 0.3) is 0 Å². The van der Waals surface area contributed by atoms with Crippen LogP contribution in [0.2, 0.25) is 0 Å². The highest BCUT2D eigenvalue weighted by molar-refractivity contribution is 5.87. The smallest absolute Gasteiger partial charge is 0.335 e. The molecule has 0 spiro atoms. The minimum atomic E-state index is -1.17. The summed E-state index contributed by atoms with van der Waals surface area (Å²) < 4.78 is 27.2. The average molecular weight is 291 g/mol. The van der Waals surface area contributed by atoms with Crippen LogP contribution in [0.15, 0.2) is 42.5 Å². The molecule has 0 bridgehead atoms. The van der Waals surface area contributed by atoms with Gasteiger partial charge in [-0.2, -0.15) is 0 Å². The van der Waals surface area contributed by atoms with Gasteiger partial charge < -0.3 is 10.0 Å². The molecule has 0 aliphatic carbocycles. The van der Waals surface area contributed by atoms with Crippen LogP contribution in [0.1, 0.15) is 22.8 Å². The van der Waals surface area contributed by atoms with Crippen LogP contribution in [0.4, 0.5) is 14.5 Å². The molecular weight excluding hydrogens is 276 g/mol. The van der Waals surface area contributed by atoms with Gasteiger partial charge in [0.1, 0.15) is 11.6 Å². The van der Waals surface area contributed by atoms with Crippen molar-refractivity contribution in [3.05, 3.63) is 65.2 Å². The third-order valence-electron chi connectivity index (χ3n) is 3.22. The van der Waals surface area contributed by atoms with E-state index in [-0.39, 0.29) is 17.9 Å². The summed E-state index contributed by atoms with van der Waals surface area (Å²) in [4.78, 5) is 12.6. The molecule has 0 unspecified atom stereocenters. The van der Waals surface area contributed by atoms with E-state index in [4.69, 9.17) is 5.11 Å². The predicted octanol–water partition coefficient (Wildman–Crippen LogP) is 3.69. The number of halogens is 2. The zero-order chi connectivity index (χ0) is 15.4. The van der Waals surface area contributed by atoms with Crippen LogP contribution in [0, 0.1) is 11.6 Å². The topological polar surface area (TPSA) is 40.5 Å². The van der Waals surface area contributed by atoms with E-state index in [1.54, 1.807) is 12.1 Å². The largest absolute Gasteiger partial charge is 0.478 e. The number of benzene rings is 2. The van der Waals surface area contributed by atoms with Crippen molar-refractivity contribution in [3.63, 3.8) is 0 Å². The molecule has 5 heteroatoms. The van der Waals surface area contributed by atoms with Crippen LogP contribution < -0.4 is 4.90 Å². The van der Waals surface area contributed by atoms with Crippen LogP contribution in [-0.2, 0) is 6.54 Å². The van der Waals surface area contributed by atoms with E-state index in [0.29, 0.717) is 17.8 Å². The summed E-state index contributed by atoms with van der Waals surface area (Å²) in [5.41, 5.74) is 0.926. The van der Waals surface area contributed by atoms with Gasteiger partial charge in [-0.25, -0.2) is 13.6 Å². The molecule has 110 valence electrons. The normalized spacial score (nSPS) is 10.4. The molecule has 2 aromatic carbocycles. The number of anilines is 1. The standard InChI is InChI=1S/C16H15F2NO2/c1-2-19(14-5-3-4-13(17)9-14)10-12-7-6-11(16(20)21)8-15(12)18/h3-9H,2,10H2,1H3,(H,20,21). The van der Waals surface area contributed by atoms with E-state index >= 15 is 0 Å². The Bertz CT molecular complexity index is 658. The molecule has 0 radical (unpaired) electrons. The van der Waals surface area contributed by atoms with Crippen molar-refractivity contribution in [3.8, 4) is 0 Å². The molecule has 0 aromatic heterocycles. The number of aromatic carboxylic acids is 1. The number of nitrogens with zero attached hydrogens (tertiary/aromatic N) is 1. The molecule has 21 heavy (non-hydrogen) atoms. The van der Waals surface area contributed by atoms with Crippen molar-refractivity contribution in [1.82, 2.24) is 0 Å². The van der Waals surface area contributed by atoms with Crippen LogP contribution in [0.5, 0.6) is 0 Å². The second kappa shape index (κ2) is 6.35. The van der Waals surface area contributed by atoms with Gasteiger partial charge in [0.2, 0.25) is 0 Å². The van der Waals surface area contributed by atoms with Gasteiger partial charge in [-0.15, -0.1) is 0 Å². The highest BCUT2D eigenvalue weighted by Crippen LogP contribution is 2.20. The third kappa shape index (κ3) is 3.56. The van der Waals surface area contributed by atoms with E-state index in [1.807, 2.05) is 11.8 Å². The third-order valence-corrected chi connectivity index (χ3v) is 3.22. The van der Waals surface area contributed by atoms with Gasteiger partial charge in [0.15, 0.2) is 0 Å². The van der Waals surface area contributed by atoms with E-state index in [9.17, 15) is 13.6 Å². The number of rotatable bonds is 5. The van der Waals surface area contributed by atoms with Gasteiger partial charge in [0, 0.05) is 24.3 Å². The Hall–Kier alpha value is -2.43. The Labute approximate surface area is 121 Å². The van der Waals surface area contributed by atoms with E-state index in [0.717, 1.165) is 6.07 Å². The van der Waals surface area contributed by atoms with Gasteiger partial charge in [0.05, 0.1) is 5.56 Å². The van der Waals surface area contributed by atoms with Crippen molar-refractivity contribution >= 4 is 11.7 Å². The minimum Gasteiger partial charge on any atom is -0.478 e. The molecule has 3 nitrogen and oxygen atoms in total. The van der Waals surface area contributed by atoms with Crippen LogP contribution in [0.3, 0.4) is 0 Å². The Morgan fingerprint density at radius 3 is 2.52 bits per heavy atom. The Morgan fingerprint density at radius 1 is 1.19 bits per heavy atom. The number of carbonyl (C=O) groups is 1. The molecule has 0 amide bonds. The molecule has 0 saturated heterocycles. The van der Waals surface area contributed by atoms with Gasteiger partial charge in [0.25, 0.3) is 0 Å². The molecule has 1 N–H and O–H groups in total. The molecule has 0 heterocycles. The predicted molar refractivity (Wildman–Crippen MR) is 76.5 cm³/mol. The molecule has 0 fully saturated rings. The summed E-state index contributed by atoms with van der Waals surface area (Å²) in [5.74, 6) is -2.10. The number of carboxylic acids is 1. The lowest BCUT2D eigenvalue weighted by Gasteiger charge is -2.23. The molecule has 0 aliphatic heterocycles. The highest BCUT2D eigenvalue weighted by Gasteiger charge is 2.12. The molecule has 0 saturated carbocycles. The molecule has 0 aliphatic rings. The van der Waals surface area contributed by atoms with Gasteiger partial charge >= 0.3 is 5.97 Å². The summed E-state index contributed by atoms with van der Waals surface area (Å²) in [6.07, 6.45) is 0. The summed E-state index contributed by atoms with van der Waals surface area (Å²) in [7, 11) is 0. The van der Waals surface area contributed by atoms with Gasteiger partial charge in [-0.05, 0) is 37.3 Å². The van der Waals surface area contributed by atoms with Crippen molar-refractivity contribution < 1.29 is 18.7 Å². The van der Waals surface area contributed by atoms with Crippen molar-refractivity contribution in [2.24, 2.45) is 0 Å². The maximum atomic E-state index is 13.9. The fourth-order valence-electron chi connectivity index (χ4n) is 2.07. The average Bonchev–Trinajstić information content (AvgIpc) is 2.45.